The number of hydrogen-bond donors (Lipinski definition) is 2. The zero-order chi connectivity index (χ0) is 10.4. The first-order chi connectivity index (χ1) is 7.27. The Morgan fingerprint density at radius 2 is 2.33 bits per heavy atom. The molecule has 1 unspecified atom stereocenters. The minimum absolute atomic E-state index is 0.307. The molecular formula is C11H15N3O. The van der Waals surface area contributed by atoms with Crippen LogP contribution in [0.1, 0.15) is 34.9 Å². The average Bonchev–Trinajstić information content (AvgIpc) is 2.96. The predicted molar refractivity (Wildman–Crippen MR) is 56.4 cm³/mol. The van der Waals surface area contributed by atoms with Crippen molar-refractivity contribution in [1.29, 1.82) is 0 Å². The molecule has 1 aromatic rings. The molecule has 0 saturated heterocycles. The molecular weight excluding hydrogens is 190 g/mol. The van der Waals surface area contributed by atoms with Gasteiger partial charge < -0.3 is 15.6 Å². The van der Waals surface area contributed by atoms with Crippen molar-refractivity contribution in [1.82, 2.24) is 9.88 Å². The van der Waals surface area contributed by atoms with Crippen molar-refractivity contribution in [2.24, 2.45) is 11.7 Å². The van der Waals surface area contributed by atoms with Gasteiger partial charge in [0.05, 0.1) is 11.6 Å². The highest BCUT2D eigenvalue weighted by Gasteiger charge is 2.37. The lowest BCUT2D eigenvalue weighted by Gasteiger charge is -2.27. The first-order valence-electron chi connectivity index (χ1n) is 5.49. The van der Waals surface area contributed by atoms with Crippen molar-refractivity contribution in [2.75, 3.05) is 6.54 Å². The second-order valence-corrected chi connectivity index (χ2v) is 4.44. The third kappa shape index (κ3) is 1.36. The molecule has 1 aromatic heterocycles. The highest BCUT2D eigenvalue weighted by atomic mass is 16.1. The van der Waals surface area contributed by atoms with Crippen LogP contribution in [0.25, 0.3) is 0 Å². The van der Waals surface area contributed by atoms with E-state index in [2.05, 4.69) is 9.88 Å². The number of aromatic nitrogens is 1. The summed E-state index contributed by atoms with van der Waals surface area (Å²) in [5.74, 6) is 0.398. The number of amides is 1. The van der Waals surface area contributed by atoms with Gasteiger partial charge in [-0.3, -0.25) is 4.79 Å². The van der Waals surface area contributed by atoms with Crippen LogP contribution < -0.4 is 11.1 Å². The zero-order valence-electron chi connectivity index (χ0n) is 8.57. The smallest absolute Gasteiger partial charge is 0.250 e. The Labute approximate surface area is 88.4 Å². The van der Waals surface area contributed by atoms with Crippen LogP contribution in [-0.4, -0.2) is 17.0 Å². The van der Waals surface area contributed by atoms with Gasteiger partial charge in [-0.25, -0.2) is 0 Å². The third-order valence-corrected chi connectivity index (χ3v) is 3.38. The van der Waals surface area contributed by atoms with Gasteiger partial charge in [-0.2, -0.15) is 0 Å². The van der Waals surface area contributed by atoms with Crippen LogP contribution in [0.3, 0.4) is 0 Å². The van der Waals surface area contributed by atoms with Crippen molar-refractivity contribution in [2.45, 2.75) is 25.4 Å². The van der Waals surface area contributed by atoms with E-state index in [4.69, 9.17) is 5.73 Å². The lowest BCUT2D eigenvalue weighted by molar-refractivity contribution is 0.0998. The van der Waals surface area contributed by atoms with Gasteiger partial charge in [0.25, 0.3) is 5.91 Å². The number of rotatable bonds is 2. The number of nitrogens with two attached hydrogens (primary N) is 1. The quantitative estimate of drug-likeness (QED) is 0.744. The van der Waals surface area contributed by atoms with Crippen LogP contribution in [-0.2, 0) is 6.54 Å². The monoisotopic (exact) mass is 205 g/mol. The van der Waals surface area contributed by atoms with Gasteiger partial charge in [0, 0.05) is 25.0 Å². The molecule has 0 aromatic carbocycles. The second-order valence-electron chi connectivity index (χ2n) is 4.44. The highest BCUT2D eigenvalue weighted by molar-refractivity contribution is 5.94. The number of fused-ring (bicyclic) bond motifs is 1. The van der Waals surface area contributed by atoms with E-state index in [1.807, 2.05) is 12.3 Å². The van der Waals surface area contributed by atoms with Crippen molar-refractivity contribution >= 4 is 5.91 Å². The molecule has 4 nitrogen and oxygen atoms in total. The predicted octanol–water partition coefficient (Wildman–Crippen LogP) is 0.641. The Morgan fingerprint density at radius 1 is 1.53 bits per heavy atom. The van der Waals surface area contributed by atoms with E-state index >= 15 is 0 Å². The van der Waals surface area contributed by atoms with Gasteiger partial charge in [0.2, 0.25) is 0 Å². The minimum Gasteiger partial charge on any atom is -0.366 e. The Hall–Kier alpha value is -1.29. The molecule has 80 valence electrons. The molecule has 15 heavy (non-hydrogen) atoms. The minimum atomic E-state index is -0.307. The largest absolute Gasteiger partial charge is 0.366 e. The first-order valence-corrected chi connectivity index (χ1v) is 5.49. The van der Waals surface area contributed by atoms with Crippen LogP contribution in [0.4, 0.5) is 0 Å². The van der Waals surface area contributed by atoms with Gasteiger partial charge in [-0.15, -0.1) is 0 Å². The van der Waals surface area contributed by atoms with Gasteiger partial charge in [-0.05, 0) is 24.8 Å². The third-order valence-electron chi connectivity index (χ3n) is 3.38. The van der Waals surface area contributed by atoms with E-state index in [0.29, 0.717) is 17.5 Å². The van der Waals surface area contributed by atoms with Crippen LogP contribution in [0.2, 0.25) is 0 Å². The fraction of sp³-hybridized carbons (Fsp3) is 0.545. The summed E-state index contributed by atoms with van der Waals surface area (Å²) < 4.78 is 2.17. The first kappa shape index (κ1) is 8.97. The molecule has 1 aliphatic carbocycles. The van der Waals surface area contributed by atoms with Crippen LogP contribution in [0.15, 0.2) is 12.3 Å². The molecule has 0 spiro atoms. The van der Waals surface area contributed by atoms with Crippen LogP contribution in [0.5, 0.6) is 0 Å². The van der Waals surface area contributed by atoms with E-state index in [-0.39, 0.29) is 5.91 Å². The lowest BCUT2D eigenvalue weighted by Crippen LogP contribution is -2.35. The highest BCUT2D eigenvalue weighted by Crippen LogP contribution is 2.43. The summed E-state index contributed by atoms with van der Waals surface area (Å²) in [6.45, 7) is 1.92. The molecule has 1 amide bonds. The molecule has 4 heteroatoms. The maximum absolute atomic E-state index is 11.3. The summed E-state index contributed by atoms with van der Waals surface area (Å²) in [5, 5.41) is 3.49. The average molecular weight is 205 g/mol. The summed E-state index contributed by atoms with van der Waals surface area (Å²) in [4.78, 5) is 11.3. The van der Waals surface area contributed by atoms with Crippen molar-refractivity contribution < 1.29 is 4.79 Å². The van der Waals surface area contributed by atoms with Gasteiger partial charge in [0.1, 0.15) is 0 Å². The second kappa shape index (κ2) is 3.10. The summed E-state index contributed by atoms with van der Waals surface area (Å²) >= 11 is 0. The molecule has 3 rings (SSSR count). The number of nitrogens with zero attached hydrogens (tertiary/aromatic N) is 1. The van der Waals surface area contributed by atoms with E-state index < -0.39 is 0 Å². The molecule has 1 fully saturated rings. The standard InChI is InChI=1S/C11H15N3O/c12-11(15)8-3-5-14-6-4-13-9(10(8)14)7-1-2-7/h3,5,7,9,13H,1-2,4,6H2,(H2,12,15). The normalized spacial score (nSPS) is 24.9. The maximum atomic E-state index is 11.3. The van der Waals surface area contributed by atoms with Crippen molar-refractivity contribution in [3.63, 3.8) is 0 Å². The number of hydrogen-bond acceptors (Lipinski definition) is 2. The summed E-state index contributed by atoms with van der Waals surface area (Å²) in [7, 11) is 0. The number of carbonyl (C=O) groups is 1. The summed E-state index contributed by atoms with van der Waals surface area (Å²) in [5.41, 5.74) is 7.19. The molecule has 1 saturated carbocycles. The lowest BCUT2D eigenvalue weighted by atomic mass is 10.0. The fourth-order valence-corrected chi connectivity index (χ4v) is 2.49. The number of carbonyl (C=O) groups excluding carboxylic acids is 1. The van der Waals surface area contributed by atoms with Gasteiger partial charge >= 0.3 is 0 Å². The number of primary amides is 1. The fourth-order valence-electron chi connectivity index (χ4n) is 2.49. The Balaban J connectivity index is 2.05. The maximum Gasteiger partial charge on any atom is 0.250 e. The van der Waals surface area contributed by atoms with E-state index in [0.717, 1.165) is 18.8 Å². The van der Waals surface area contributed by atoms with Gasteiger partial charge in [0.15, 0.2) is 0 Å². The van der Waals surface area contributed by atoms with E-state index in [1.165, 1.54) is 12.8 Å². The molecule has 2 aliphatic rings. The number of nitrogens with one attached hydrogen (secondary N) is 1. The van der Waals surface area contributed by atoms with Crippen molar-refractivity contribution in [3.8, 4) is 0 Å². The Morgan fingerprint density at radius 3 is 3.00 bits per heavy atom. The molecule has 3 N–H and O–H groups in total. The molecule has 0 radical (unpaired) electrons. The molecule has 2 heterocycles. The summed E-state index contributed by atoms with van der Waals surface area (Å²) in [6, 6.07) is 2.19. The SMILES string of the molecule is NC(=O)c1ccn2c1C(C1CC1)NCC2. The Bertz CT molecular complexity index is 406. The van der Waals surface area contributed by atoms with Crippen LogP contribution >= 0.6 is 0 Å². The van der Waals surface area contributed by atoms with Crippen molar-refractivity contribution in [3.05, 3.63) is 23.5 Å². The molecule has 0 bridgehead atoms. The Kier molecular flexibility index (Phi) is 1.85. The zero-order valence-corrected chi connectivity index (χ0v) is 8.57. The van der Waals surface area contributed by atoms with Crippen LogP contribution in [0, 0.1) is 5.92 Å². The summed E-state index contributed by atoms with van der Waals surface area (Å²) in [6.07, 6.45) is 4.51. The molecule has 1 atom stereocenters. The van der Waals surface area contributed by atoms with E-state index in [9.17, 15) is 4.79 Å². The topological polar surface area (TPSA) is 60.1 Å². The van der Waals surface area contributed by atoms with Gasteiger partial charge in [-0.1, -0.05) is 0 Å². The molecule has 1 aliphatic heterocycles. The van der Waals surface area contributed by atoms with E-state index in [1.54, 1.807) is 0 Å².